The minimum Gasteiger partial charge on any atom is -0.299 e. The molecule has 18 heavy (non-hydrogen) atoms. The molecule has 0 spiro atoms. The Bertz CT molecular complexity index is 464. The standard InChI is InChI=1S/C15H19FN2/c1-11-5-6-18(9-12(11)2)10-13-3-4-15(16)14(7-13)8-17/h3-4,7,11-12H,5-6,9-10H2,1-2H3. The van der Waals surface area contributed by atoms with Crippen molar-refractivity contribution >= 4 is 0 Å². The molecule has 0 bridgehead atoms. The third-order valence-electron chi connectivity index (χ3n) is 3.98. The summed E-state index contributed by atoms with van der Waals surface area (Å²) in [5, 5.41) is 8.82. The van der Waals surface area contributed by atoms with E-state index < -0.39 is 5.82 Å². The number of benzene rings is 1. The Labute approximate surface area is 108 Å². The largest absolute Gasteiger partial charge is 0.299 e. The Balaban J connectivity index is 2.04. The number of likely N-dealkylation sites (tertiary alicyclic amines) is 1. The van der Waals surface area contributed by atoms with Gasteiger partial charge in [-0.2, -0.15) is 5.26 Å². The van der Waals surface area contributed by atoms with E-state index in [-0.39, 0.29) is 5.56 Å². The number of hydrogen-bond acceptors (Lipinski definition) is 2. The number of nitrogens with zero attached hydrogens (tertiary/aromatic N) is 2. The van der Waals surface area contributed by atoms with Crippen molar-refractivity contribution in [1.29, 1.82) is 5.26 Å². The van der Waals surface area contributed by atoms with Crippen molar-refractivity contribution in [3.05, 3.63) is 35.1 Å². The lowest BCUT2D eigenvalue weighted by Gasteiger charge is -2.35. The first-order valence-corrected chi connectivity index (χ1v) is 6.51. The molecule has 96 valence electrons. The number of rotatable bonds is 2. The normalized spacial score (nSPS) is 24.8. The molecule has 1 aromatic rings. The quantitative estimate of drug-likeness (QED) is 0.801. The second-order valence-corrected chi connectivity index (χ2v) is 5.40. The monoisotopic (exact) mass is 246 g/mol. The molecule has 1 fully saturated rings. The van der Waals surface area contributed by atoms with Crippen LogP contribution >= 0.6 is 0 Å². The zero-order valence-corrected chi connectivity index (χ0v) is 11.0. The Morgan fingerprint density at radius 1 is 1.39 bits per heavy atom. The predicted molar refractivity (Wildman–Crippen MR) is 69.3 cm³/mol. The molecule has 1 saturated heterocycles. The molecule has 2 unspecified atom stereocenters. The summed E-state index contributed by atoms with van der Waals surface area (Å²) in [6, 6.07) is 6.73. The minimum absolute atomic E-state index is 0.144. The van der Waals surface area contributed by atoms with Crippen molar-refractivity contribution in [2.24, 2.45) is 11.8 Å². The molecular formula is C15H19FN2. The lowest BCUT2D eigenvalue weighted by atomic mass is 9.88. The van der Waals surface area contributed by atoms with Gasteiger partial charge in [0.2, 0.25) is 0 Å². The zero-order chi connectivity index (χ0) is 13.1. The molecule has 0 N–H and O–H groups in total. The van der Waals surface area contributed by atoms with Gasteiger partial charge in [-0.3, -0.25) is 4.90 Å². The first kappa shape index (κ1) is 13.0. The second-order valence-electron chi connectivity index (χ2n) is 5.40. The van der Waals surface area contributed by atoms with Gasteiger partial charge in [-0.1, -0.05) is 19.9 Å². The predicted octanol–water partition coefficient (Wildman–Crippen LogP) is 3.18. The number of piperidine rings is 1. The highest BCUT2D eigenvalue weighted by Gasteiger charge is 2.22. The number of hydrogen-bond donors (Lipinski definition) is 0. The van der Waals surface area contributed by atoms with Gasteiger partial charge in [0.05, 0.1) is 5.56 Å². The SMILES string of the molecule is CC1CCN(Cc2ccc(F)c(C#N)c2)CC1C. The summed E-state index contributed by atoms with van der Waals surface area (Å²) >= 11 is 0. The Morgan fingerprint density at radius 2 is 2.17 bits per heavy atom. The van der Waals surface area contributed by atoms with Crippen LogP contribution in [0.15, 0.2) is 18.2 Å². The fraction of sp³-hybridized carbons (Fsp3) is 0.533. The van der Waals surface area contributed by atoms with Crippen LogP contribution in [0.5, 0.6) is 0 Å². The topological polar surface area (TPSA) is 27.0 Å². The third kappa shape index (κ3) is 2.88. The summed E-state index contributed by atoms with van der Waals surface area (Å²) in [6.07, 6.45) is 1.22. The molecule has 1 heterocycles. The van der Waals surface area contributed by atoms with Gasteiger partial charge in [0.25, 0.3) is 0 Å². The molecular weight excluding hydrogens is 227 g/mol. The lowest BCUT2D eigenvalue weighted by Crippen LogP contribution is -2.37. The van der Waals surface area contributed by atoms with E-state index in [0.29, 0.717) is 5.92 Å². The van der Waals surface area contributed by atoms with E-state index in [1.807, 2.05) is 6.07 Å². The average Bonchev–Trinajstić information content (AvgIpc) is 2.36. The van der Waals surface area contributed by atoms with Crippen molar-refractivity contribution in [1.82, 2.24) is 4.90 Å². The molecule has 0 aromatic heterocycles. The maximum absolute atomic E-state index is 13.2. The van der Waals surface area contributed by atoms with E-state index in [1.165, 1.54) is 12.5 Å². The molecule has 0 amide bonds. The van der Waals surface area contributed by atoms with Crippen LogP contribution in [0.4, 0.5) is 4.39 Å². The molecule has 0 aliphatic carbocycles. The molecule has 2 atom stereocenters. The van der Waals surface area contributed by atoms with E-state index in [2.05, 4.69) is 18.7 Å². The van der Waals surface area contributed by atoms with Crippen LogP contribution < -0.4 is 0 Å². The van der Waals surface area contributed by atoms with Crippen molar-refractivity contribution < 1.29 is 4.39 Å². The van der Waals surface area contributed by atoms with Gasteiger partial charge in [-0.15, -0.1) is 0 Å². The van der Waals surface area contributed by atoms with Crippen LogP contribution in [0.3, 0.4) is 0 Å². The van der Waals surface area contributed by atoms with Crippen LogP contribution in [0, 0.1) is 29.0 Å². The molecule has 2 nitrogen and oxygen atoms in total. The summed E-state index contributed by atoms with van der Waals surface area (Å²) in [4.78, 5) is 2.39. The van der Waals surface area contributed by atoms with E-state index >= 15 is 0 Å². The molecule has 1 aliphatic rings. The van der Waals surface area contributed by atoms with Crippen LogP contribution in [-0.2, 0) is 6.54 Å². The number of nitriles is 1. The number of halogens is 1. The van der Waals surface area contributed by atoms with Gasteiger partial charge < -0.3 is 0 Å². The summed E-state index contributed by atoms with van der Waals surface area (Å²) in [5.41, 5.74) is 1.17. The van der Waals surface area contributed by atoms with Gasteiger partial charge in [-0.25, -0.2) is 4.39 Å². The fourth-order valence-electron chi connectivity index (χ4n) is 2.51. The highest BCUT2D eigenvalue weighted by Crippen LogP contribution is 2.24. The maximum Gasteiger partial charge on any atom is 0.140 e. The maximum atomic E-state index is 13.2. The van der Waals surface area contributed by atoms with Crippen LogP contribution in [-0.4, -0.2) is 18.0 Å². The minimum atomic E-state index is -0.429. The summed E-state index contributed by atoms with van der Waals surface area (Å²) in [7, 11) is 0. The van der Waals surface area contributed by atoms with Gasteiger partial charge in [0.15, 0.2) is 0 Å². The molecule has 0 saturated carbocycles. The zero-order valence-electron chi connectivity index (χ0n) is 11.0. The Morgan fingerprint density at radius 3 is 2.83 bits per heavy atom. The summed E-state index contributed by atoms with van der Waals surface area (Å²) in [6.45, 7) is 7.56. The van der Waals surface area contributed by atoms with Crippen LogP contribution in [0.25, 0.3) is 0 Å². The molecule has 1 aliphatic heterocycles. The third-order valence-corrected chi connectivity index (χ3v) is 3.98. The van der Waals surface area contributed by atoms with Crippen molar-refractivity contribution in [3.8, 4) is 6.07 Å². The lowest BCUT2D eigenvalue weighted by molar-refractivity contribution is 0.132. The molecule has 3 heteroatoms. The van der Waals surface area contributed by atoms with Gasteiger partial charge in [-0.05, 0) is 42.5 Å². The fourth-order valence-corrected chi connectivity index (χ4v) is 2.51. The van der Waals surface area contributed by atoms with E-state index in [0.717, 1.165) is 31.1 Å². The van der Waals surface area contributed by atoms with Gasteiger partial charge in [0, 0.05) is 13.1 Å². The first-order chi connectivity index (χ1) is 8.60. The first-order valence-electron chi connectivity index (χ1n) is 6.51. The molecule has 2 rings (SSSR count). The average molecular weight is 246 g/mol. The Kier molecular flexibility index (Phi) is 3.98. The van der Waals surface area contributed by atoms with Crippen LogP contribution in [0.1, 0.15) is 31.4 Å². The Hall–Kier alpha value is -1.40. The van der Waals surface area contributed by atoms with Crippen LogP contribution in [0.2, 0.25) is 0 Å². The van der Waals surface area contributed by atoms with E-state index in [9.17, 15) is 4.39 Å². The highest BCUT2D eigenvalue weighted by molar-refractivity contribution is 5.34. The second kappa shape index (κ2) is 5.49. The van der Waals surface area contributed by atoms with E-state index in [4.69, 9.17) is 5.26 Å². The van der Waals surface area contributed by atoms with Gasteiger partial charge in [0.1, 0.15) is 11.9 Å². The van der Waals surface area contributed by atoms with E-state index in [1.54, 1.807) is 12.1 Å². The molecule has 1 aromatic carbocycles. The smallest absolute Gasteiger partial charge is 0.140 e. The van der Waals surface area contributed by atoms with Crippen molar-refractivity contribution in [2.45, 2.75) is 26.8 Å². The van der Waals surface area contributed by atoms with Crippen molar-refractivity contribution in [3.63, 3.8) is 0 Å². The van der Waals surface area contributed by atoms with Gasteiger partial charge >= 0.3 is 0 Å². The summed E-state index contributed by atoms with van der Waals surface area (Å²) in [5.74, 6) is 1.06. The molecule has 0 radical (unpaired) electrons. The van der Waals surface area contributed by atoms with Crippen molar-refractivity contribution in [2.75, 3.05) is 13.1 Å². The summed E-state index contributed by atoms with van der Waals surface area (Å²) < 4.78 is 13.2. The highest BCUT2D eigenvalue weighted by atomic mass is 19.1.